The molecule has 23 heavy (non-hydrogen) atoms. The Morgan fingerprint density at radius 2 is 1.91 bits per heavy atom. The number of carbonyl (C=O) groups excluding carboxylic acids is 1. The van der Waals surface area contributed by atoms with Gasteiger partial charge in [0.25, 0.3) is 5.69 Å². The molecule has 2 N–H and O–H groups in total. The molecular weight excluding hydrogens is 294 g/mol. The smallest absolute Gasteiger partial charge is 0.293 e. The standard InChI is InChI=1S/C17H19N3O3/c1-19(2)17(14-6-4-3-5-7-14)11-18-15-9-8-13(12-21)10-16(15)20(22)23/h3-10,12,17-18H,11H2,1-2H3/p+1/t17-/m1/s1. The van der Waals surface area contributed by atoms with E-state index in [1.165, 1.54) is 11.0 Å². The maximum Gasteiger partial charge on any atom is 0.293 e. The van der Waals surface area contributed by atoms with E-state index in [4.69, 9.17) is 0 Å². The maximum atomic E-state index is 11.2. The highest BCUT2D eigenvalue weighted by Crippen LogP contribution is 2.25. The fourth-order valence-electron chi connectivity index (χ4n) is 2.48. The summed E-state index contributed by atoms with van der Waals surface area (Å²) in [4.78, 5) is 22.7. The molecule has 2 rings (SSSR count). The van der Waals surface area contributed by atoms with E-state index >= 15 is 0 Å². The van der Waals surface area contributed by atoms with E-state index in [9.17, 15) is 14.9 Å². The fourth-order valence-corrected chi connectivity index (χ4v) is 2.48. The summed E-state index contributed by atoms with van der Waals surface area (Å²) in [7, 11) is 4.09. The number of benzene rings is 2. The van der Waals surface area contributed by atoms with Gasteiger partial charge in [-0.1, -0.05) is 30.3 Å². The van der Waals surface area contributed by atoms with Crippen LogP contribution in [-0.2, 0) is 0 Å². The molecule has 1 atom stereocenters. The van der Waals surface area contributed by atoms with Crippen molar-refractivity contribution in [2.75, 3.05) is 26.0 Å². The Bertz CT molecular complexity index is 687. The first-order valence-electron chi connectivity index (χ1n) is 7.35. The van der Waals surface area contributed by atoms with E-state index in [-0.39, 0.29) is 11.7 Å². The second-order valence-corrected chi connectivity index (χ2v) is 5.57. The van der Waals surface area contributed by atoms with Crippen molar-refractivity contribution >= 4 is 17.7 Å². The normalized spacial score (nSPS) is 12.0. The number of hydrogen-bond acceptors (Lipinski definition) is 4. The largest absolute Gasteiger partial charge is 0.373 e. The highest BCUT2D eigenvalue weighted by atomic mass is 16.6. The molecule has 6 nitrogen and oxygen atoms in total. The van der Waals surface area contributed by atoms with Gasteiger partial charge in [-0.05, 0) is 12.1 Å². The lowest BCUT2D eigenvalue weighted by Gasteiger charge is -2.22. The molecule has 0 spiro atoms. The number of nitro groups is 1. The summed E-state index contributed by atoms with van der Waals surface area (Å²) >= 11 is 0. The van der Waals surface area contributed by atoms with Gasteiger partial charge in [0.05, 0.1) is 25.6 Å². The minimum atomic E-state index is -0.477. The number of nitro benzene ring substituents is 1. The summed E-state index contributed by atoms with van der Waals surface area (Å²) in [6.45, 7) is 0.549. The topological polar surface area (TPSA) is 76.7 Å². The number of hydrogen-bond donors (Lipinski definition) is 2. The van der Waals surface area contributed by atoms with Gasteiger partial charge in [-0.2, -0.15) is 0 Å². The van der Waals surface area contributed by atoms with Crippen LogP contribution in [0.1, 0.15) is 22.0 Å². The Labute approximate surface area is 134 Å². The van der Waals surface area contributed by atoms with Crippen LogP contribution in [0.25, 0.3) is 0 Å². The first-order valence-corrected chi connectivity index (χ1v) is 7.35. The van der Waals surface area contributed by atoms with Crippen molar-refractivity contribution in [2.24, 2.45) is 0 Å². The van der Waals surface area contributed by atoms with Crippen LogP contribution in [0.5, 0.6) is 0 Å². The Morgan fingerprint density at radius 1 is 1.22 bits per heavy atom. The number of nitrogens with one attached hydrogen (secondary N) is 2. The third-order valence-electron chi connectivity index (χ3n) is 3.75. The van der Waals surface area contributed by atoms with Crippen LogP contribution >= 0.6 is 0 Å². The third kappa shape index (κ3) is 4.14. The third-order valence-corrected chi connectivity index (χ3v) is 3.75. The van der Waals surface area contributed by atoms with Gasteiger partial charge in [0.1, 0.15) is 18.0 Å². The molecule has 0 amide bonds. The van der Waals surface area contributed by atoms with Gasteiger partial charge < -0.3 is 10.2 Å². The lowest BCUT2D eigenvalue weighted by molar-refractivity contribution is -0.890. The number of quaternary nitrogens is 1. The Morgan fingerprint density at radius 3 is 2.48 bits per heavy atom. The van der Waals surface area contributed by atoms with Crippen molar-refractivity contribution in [1.82, 2.24) is 0 Å². The number of carbonyl (C=O) groups is 1. The molecule has 0 bridgehead atoms. The predicted octanol–water partition coefficient (Wildman–Crippen LogP) is 1.71. The summed E-state index contributed by atoms with van der Waals surface area (Å²) in [5, 5.41) is 14.3. The van der Waals surface area contributed by atoms with E-state index in [1.807, 2.05) is 44.4 Å². The quantitative estimate of drug-likeness (QED) is 0.463. The average molecular weight is 314 g/mol. The van der Waals surface area contributed by atoms with Crippen LogP contribution in [0.2, 0.25) is 0 Å². The Balaban J connectivity index is 2.21. The van der Waals surface area contributed by atoms with Crippen LogP contribution in [-0.4, -0.2) is 31.8 Å². The minimum absolute atomic E-state index is 0.0878. The van der Waals surface area contributed by atoms with E-state index in [0.29, 0.717) is 24.1 Å². The second kappa shape index (κ2) is 7.51. The second-order valence-electron chi connectivity index (χ2n) is 5.57. The molecule has 0 radical (unpaired) electrons. The molecule has 0 saturated carbocycles. The molecule has 0 saturated heterocycles. The number of nitrogens with zero attached hydrogens (tertiary/aromatic N) is 1. The molecule has 0 aliphatic carbocycles. The molecule has 0 aromatic heterocycles. The highest BCUT2D eigenvalue weighted by Gasteiger charge is 2.20. The molecule has 120 valence electrons. The Kier molecular flexibility index (Phi) is 5.43. The number of anilines is 1. The van der Waals surface area contributed by atoms with Crippen molar-refractivity contribution < 1.29 is 14.6 Å². The zero-order valence-electron chi connectivity index (χ0n) is 13.2. The summed E-state index contributed by atoms with van der Waals surface area (Å²) in [6.07, 6.45) is 0.605. The molecule has 0 unspecified atom stereocenters. The van der Waals surface area contributed by atoms with Crippen LogP contribution in [0, 0.1) is 10.1 Å². The minimum Gasteiger partial charge on any atom is -0.373 e. The van der Waals surface area contributed by atoms with E-state index in [1.54, 1.807) is 12.1 Å². The summed E-state index contributed by atoms with van der Waals surface area (Å²) in [5.74, 6) is 0. The van der Waals surface area contributed by atoms with Gasteiger partial charge in [0.15, 0.2) is 0 Å². The Hall–Kier alpha value is -2.73. The summed E-state index contributed by atoms with van der Waals surface area (Å²) in [6, 6.07) is 14.6. The molecular formula is C17H20N3O3+. The van der Waals surface area contributed by atoms with Gasteiger partial charge in [-0.3, -0.25) is 14.9 Å². The van der Waals surface area contributed by atoms with Gasteiger partial charge in [-0.15, -0.1) is 0 Å². The van der Waals surface area contributed by atoms with E-state index in [0.717, 1.165) is 5.56 Å². The van der Waals surface area contributed by atoms with Crippen LogP contribution in [0.3, 0.4) is 0 Å². The van der Waals surface area contributed by atoms with Crippen LogP contribution < -0.4 is 10.2 Å². The van der Waals surface area contributed by atoms with Crippen molar-refractivity contribution in [3.8, 4) is 0 Å². The molecule has 0 aliphatic heterocycles. The fraction of sp³-hybridized carbons (Fsp3) is 0.235. The SMILES string of the molecule is C[NH+](C)[C@H](CNc1ccc(C=O)cc1[N+](=O)[O-])c1ccccc1. The van der Waals surface area contributed by atoms with Crippen molar-refractivity contribution in [2.45, 2.75) is 6.04 Å². The average Bonchev–Trinajstić information content (AvgIpc) is 2.55. The van der Waals surface area contributed by atoms with Crippen LogP contribution in [0.15, 0.2) is 48.5 Å². The van der Waals surface area contributed by atoms with Gasteiger partial charge in [-0.25, -0.2) is 0 Å². The number of rotatable bonds is 7. The molecule has 6 heteroatoms. The lowest BCUT2D eigenvalue weighted by Crippen LogP contribution is -3.06. The van der Waals surface area contributed by atoms with Crippen LogP contribution in [0.4, 0.5) is 11.4 Å². The highest BCUT2D eigenvalue weighted by molar-refractivity contribution is 5.79. The first-order chi connectivity index (χ1) is 11.0. The predicted molar refractivity (Wildman–Crippen MR) is 89.0 cm³/mol. The van der Waals surface area contributed by atoms with E-state index < -0.39 is 4.92 Å². The number of likely N-dealkylation sites (N-methyl/N-ethyl adjacent to an activating group) is 1. The lowest BCUT2D eigenvalue weighted by atomic mass is 10.1. The van der Waals surface area contributed by atoms with Crippen molar-refractivity contribution in [3.63, 3.8) is 0 Å². The zero-order chi connectivity index (χ0) is 16.8. The first kappa shape index (κ1) is 16.6. The molecule has 0 aliphatic rings. The molecule has 2 aromatic carbocycles. The van der Waals surface area contributed by atoms with Gasteiger partial charge in [0, 0.05) is 17.2 Å². The summed E-state index contributed by atoms with van der Waals surface area (Å²) < 4.78 is 0. The van der Waals surface area contributed by atoms with Gasteiger partial charge in [0.2, 0.25) is 0 Å². The van der Waals surface area contributed by atoms with Gasteiger partial charge >= 0.3 is 0 Å². The zero-order valence-corrected chi connectivity index (χ0v) is 13.2. The monoisotopic (exact) mass is 314 g/mol. The van der Waals surface area contributed by atoms with E-state index in [2.05, 4.69) is 5.32 Å². The van der Waals surface area contributed by atoms with Crippen molar-refractivity contribution in [1.29, 1.82) is 0 Å². The molecule has 2 aromatic rings. The molecule has 0 fully saturated rings. The summed E-state index contributed by atoms with van der Waals surface area (Å²) in [5.41, 5.74) is 1.78. The maximum absolute atomic E-state index is 11.2. The number of aldehydes is 1. The van der Waals surface area contributed by atoms with Crippen molar-refractivity contribution in [3.05, 3.63) is 69.8 Å². The molecule has 0 heterocycles.